The zero-order valence-electron chi connectivity index (χ0n) is 27.5. The van der Waals surface area contributed by atoms with E-state index in [9.17, 15) is 13.8 Å². The van der Waals surface area contributed by atoms with E-state index in [-0.39, 0.29) is 17.8 Å². The number of aryl methyl sites for hydroxylation is 1. The molecule has 2 aliphatic carbocycles. The third kappa shape index (κ3) is 8.69. The van der Waals surface area contributed by atoms with Crippen LogP contribution in [0.1, 0.15) is 73.4 Å². The van der Waals surface area contributed by atoms with Gasteiger partial charge in [0, 0.05) is 44.4 Å². The highest BCUT2D eigenvalue weighted by molar-refractivity contribution is 7.92. The van der Waals surface area contributed by atoms with Gasteiger partial charge >= 0.3 is 6.03 Å². The maximum Gasteiger partial charge on any atom is 0.327 e. The monoisotopic (exact) mass is 683 g/mol. The highest BCUT2D eigenvalue weighted by Crippen LogP contribution is 2.42. The van der Waals surface area contributed by atoms with Crippen LogP contribution in [0.15, 0.2) is 52.9 Å². The van der Waals surface area contributed by atoms with Crippen molar-refractivity contribution in [2.75, 3.05) is 37.5 Å². The van der Waals surface area contributed by atoms with E-state index in [1.54, 1.807) is 13.2 Å². The number of benzene rings is 2. The van der Waals surface area contributed by atoms with Crippen LogP contribution in [0.5, 0.6) is 5.75 Å². The number of ether oxygens (including phenoxy) is 2. The van der Waals surface area contributed by atoms with Crippen molar-refractivity contribution < 1.29 is 34.9 Å². The average molecular weight is 684 g/mol. The molecule has 2 heterocycles. The summed E-state index contributed by atoms with van der Waals surface area (Å²) in [6.07, 6.45) is 11.9. The number of halogens is 1. The van der Waals surface area contributed by atoms with E-state index in [2.05, 4.69) is 43.6 Å². The van der Waals surface area contributed by atoms with Gasteiger partial charge in [-0.1, -0.05) is 25.1 Å². The van der Waals surface area contributed by atoms with Gasteiger partial charge in [0.05, 0.1) is 24.2 Å². The summed E-state index contributed by atoms with van der Waals surface area (Å²) in [5.74, 6) is 1.21. The lowest BCUT2D eigenvalue weighted by molar-refractivity contribution is -0.289. The van der Waals surface area contributed by atoms with Crippen molar-refractivity contribution in [1.82, 2.24) is 10.0 Å². The van der Waals surface area contributed by atoms with E-state index >= 15 is 0 Å². The molecule has 2 N–H and O–H groups in total. The summed E-state index contributed by atoms with van der Waals surface area (Å²) in [6, 6.07) is 11.0. The van der Waals surface area contributed by atoms with Crippen molar-refractivity contribution in [1.29, 1.82) is 0 Å². The lowest BCUT2D eigenvalue weighted by atomic mass is 9.70. The Labute approximate surface area is 284 Å². The number of amides is 3. The number of urea groups is 1. The molecule has 2 aromatic rings. The van der Waals surface area contributed by atoms with Crippen LogP contribution in [-0.2, 0) is 27.6 Å². The Bertz CT molecular complexity index is 1620. The van der Waals surface area contributed by atoms with Gasteiger partial charge in [-0.25, -0.2) is 9.00 Å². The molecule has 0 radical (unpaired) electrons. The summed E-state index contributed by atoms with van der Waals surface area (Å²) in [4.78, 5) is 29.0. The number of hydrogen-bond donors (Lipinski definition) is 2. The summed E-state index contributed by atoms with van der Waals surface area (Å²) in [5, 5.41) is 3.64. The van der Waals surface area contributed by atoms with E-state index < -0.39 is 21.9 Å². The summed E-state index contributed by atoms with van der Waals surface area (Å²) in [5.41, 5.74) is 3.57. The Hall–Kier alpha value is -3.08. The Morgan fingerprint density at radius 1 is 1.13 bits per heavy atom. The third-order valence-corrected chi connectivity index (χ3v) is 12.2. The molecule has 2 saturated carbocycles. The summed E-state index contributed by atoms with van der Waals surface area (Å²) >= 11 is 5.54. The molecule has 0 aromatic heterocycles. The highest BCUT2D eigenvalue weighted by atomic mass is 35.5. The Kier molecular flexibility index (Phi) is 10.8. The number of nitrogens with one attached hydrogen (secondary N) is 2. The van der Waals surface area contributed by atoms with Crippen LogP contribution in [0.4, 0.5) is 10.5 Å². The van der Waals surface area contributed by atoms with Crippen LogP contribution < -0.4 is 19.7 Å². The van der Waals surface area contributed by atoms with Gasteiger partial charge in [-0.3, -0.25) is 9.52 Å². The van der Waals surface area contributed by atoms with Gasteiger partial charge in [0.15, 0.2) is 11.6 Å². The number of carbonyl (C=O) groups excluding carboxylic acids is 2. The molecule has 4 aliphatic rings. The van der Waals surface area contributed by atoms with E-state index in [1.165, 1.54) is 11.1 Å². The van der Waals surface area contributed by atoms with Gasteiger partial charge in [0.2, 0.25) is 5.02 Å². The van der Waals surface area contributed by atoms with Gasteiger partial charge in [-0.2, -0.15) is 0 Å². The third-order valence-electron chi connectivity index (χ3n) is 9.91. The average Bonchev–Trinajstić information content (AvgIpc) is 3.85. The molecule has 2 fully saturated rings. The molecule has 9 nitrogen and oxygen atoms in total. The molecule has 6 rings (SSSR count). The number of nitrogens with zero attached hydrogens (tertiary/aromatic N) is 2. The summed E-state index contributed by atoms with van der Waals surface area (Å²) in [7, 11) is -1.67. The fraction of sp³-hybridized carbons (Fsp3) is 0.556. The molecule has 2 aromatic carbocycles. The standard InChI is InChI=1S/C36H47ClN4O5S/c1-24-6-5-8-33(45-2)31-15-12-29(31)22-41-21-28-11-14-30(37)18-26(28)7-3-4-17-46-34-16-13-27(19-32(34)41)35(42)39-47(44,23-24)40-36(43)38-20-25-9-10-25/h5,8,11,13-14,16,18-19,24-25,29,31,33,37H,3-4,6-7,9-10,12,15,17,20-23H2,1-2H3,(H-,38,39,40,42,43,44)/p+1/b8-5+/t24-,29-,31+,33-,47?/m0/s1. The molecule has 11 heteroatoms. The molecule has 254 valence electrons. The van der Waals surface area contributed by atoms with Crippen LogP contribution in [-0.4, -0.2) is 54.8 Å². The number of allylic oxidation sites excluding steroid dienone is 1. The predicted molar refractivity (Wildman–Crippen MR) is 182 cm³/mol. The zero-order chi connectivity index (χ0) is 33.0. The van der Waals surface area contributed by atoms with Crippen LogP contribution in [0, 0.1) is 35.3 Å². The number of methoxy groups -OCH3 is 1. The largest absolute Gasteiger partial charge is 0.491 e. The number of hydrogen-bond acceptors (Lipinski definition) is 6. The number of rotatable bonds is 4. The van der Waals surface area contributed by atoms with Crippen molar-refractivity contribution in [3.8, 4) is 5.75 Å². The second-order valence-electron chi connectivity index (χ2n) is 13.7. The van der Waals surface area contributed by atoms with Crippen molar-refractivity contribution >= 4 is 27.5 Å². The molecule has 5 atom stereocenters. The number of carbonyl (C=O) groups is 2. The van der Waals surface area contributed by atoms with E-state index in [0.717, 1.165) is 62.2 Å². The van der Waals surface area contributed by atoms with E-state index in [4.69, 9.17) is 21.1 Å². The van der Waals surface area contributed by atoms with E-state index in [1.807, 2.05) is 25.1 Å². The molecule has 0 spiro atoms. The lowest BCUT2D eigenvalue weighted by Gasteiger charge is -2.43. The minimum Gasteiger partial charge on any atom is -0.491 e. The molecule has 1 unspecified atom stereocenters. The summed E-state index contributed by atoms with van der Waals surface area (Å²) in [6.45, 7) is 4.42. The fourth-order valence-corrected chi connectivity index (χ4v) is 8.98. The van der Waals surface area contributed by atoms with Gasteiger partial charge in [-0.15, -0.1) is 4.36 Å². The van der Waals surface area contributed by atoms with Crippen molar-refractivity contribution in [3.05, 3.63) is 70.3 Å². The Morgan fingerprint density at radius 2 is 1.98 bits per heavy atom. The maximum atomic E-state index is 14.3. The van der Waals surface area contributed by atoms with Gasteiger partial charge < -0.3 is 19.7 Å². The smallest absolute Gasteiger partial charge is 0.327 e. The fourth-order valence-electron chi connectivity index (χ4n) is 6.92. The number of fused-ring (bicyclic) bond motifs is 3. The lowest BCUT2D eigenvalue weighted by Crippen LogP contribution is -2.43. The normalized spacial score (nSPS) is 29.0. The van der Waals surface area contributed by atoms with Crippen molar-refractivity contribution in [3.63, 3.8) is 0 Å². The molecule has 47 heavy (non-hydrogen) atoms. The number of anilines is 1. The first-order valence-corrected chi connectivity index (χ1v) is 19.1. The quantitative estimate of drug-likeness (QED) is 0.384. The second-order valence-corrected chi connectivity index (χ2v) is 16.2. The van der Waals surface area contributed by atoms with Crippen LogP contribution in [0.3, 0.4) is 0 Å². The first kappa shape index (κ1) is 33.8. The van der Waals surface area contributed by atoms with Gasteiger partial charge in [0.25, 0.3) is 5.91 Å². The maximum absolute atomic E-state index is 14.3. The first-order chi connectivity index (χ1) is 22.7. The first-order valence-electron chi connectivity index (χ1n) is 17.0. The van der Waals surface area contributed by atoms with Gasteiger partial charge in [0.1, 0.15) is 15.7 Å². The van der Waals surface area contributed by atoms with E-state index in [0.29, 0.717) is 55.2 Å². The topological polar surface area (TPSA) is 109 Å². The molecular weight excluding hydrogens is 636 g/mol. The zero-order valence-corrected chi connectivity index (χ0v) is 29.1. The molecule has 2 aliphatic heterocycles. The highest BCUT2D eigenvalue weighted by Gasteiger charge is 2.38. The van der Waals surface area contributed by atoms with Crippen LogP contribution in [0.25, 0.3) is 0 Å². The minimum atomic E-state index is -3.43. The Balaban J connectivity index is 1.42. The Morgan fingerprint density at radius 3 is 2.74 bits per heavy atom. The molecule has 2 bridgehead atoms. The second kappa shape index (κ2) is 15.0. The minimum absolute atomic E-state index is 0.0446. The van der Waals surface area contributed by atoms with Crippen molar-refractivity contribution in [2.24, 2.45) is 28.0 Å². The summed E-state index contributed by atoms with van der Waals surface area (Å²) < 4.78 is 33.5. The molecule has 0 saturated heterocycles. The predicted octanol–water partition coefficient (Wildman–Crippen LogP) is 5.97. The molecule has 3 amide bonds. The van der Waals surface area contributed by atoms with Crippen molar-refractivity contribution in [2.45, 2.75) is 70.9 Å². The SMILES string of the molecule is CO[C@H]1/C=C/C[C@H](C)CS(=O)(NC(=O)NCC2CC2)=NC(=O)c2ccc3c(c2)N(Cc2ccc([ClH+])cc2CCCCO3)C[C@@H]2CC[C@H]21. The van der Waals surface area contributed by atoms with Gasteiger partial charge in [-0.05, 0) is 104 Å². The van der Waals surface area contributed by atoms with Crippen LogP contribution >= 0.6 is 0 Å². The van der Waals surface area contributed by atoms with Crippen LogP contribution in [0.2, 0.25) is 5.02 Å². The molecular formula is C36H48ClN4O5S+.